The largest absolute Gasteiger partial charge is 0.496 e. The van der Waals surface area contributed by atoms with Crippen molar-refractivity contribution in [3.05, 3.63) is 93.0 Å². The monoisotopic (exact) mass is 696 g/mol. The van der Waals surface area contributed by atoms with Crippen LogP contribution in [0.15, 0.2) is 48.5 Å². The summed E-state index contributed by atoms with van der Waals surface area (Å²) in [5.41, 5.74) is 3.14. The number of methoxy groups -OCH3 is 4. The summed E-state index contributed by atoms with van der Waals surface area (Å²) >= 11 is 12.1. The molecule has 0 spiro atoms. The normalized spacial score (nSPS) is 10.4. The van der Waals surface area contributed by atoms with E-state index in [-0.39, 0.29) is 54.9 Å². The molecule has 4 aromatic rings. The number of anilines is 2. The molecule has 1 amide bonds. The van der Waals surface area contributed by atoms with Crippen molar-refractivity contribution in [1.29, 1.82) is 0 Å². The molecule has 0 aliphatic rings. The Morgan fingerprint density at radius 1 is 0.681 bits per heavy atom. The maximum Gasteiger partial charge on any atom is 0.340 e. The fourth-order valence-electron chi connectivity index (χ4n) is 4.39. The van der Waals surface area contributed by atoms with E-state index in [0.29, 0.717) is 0 Å². The molecular weight excluding hydrogens is 671 g/mol. The van der Waals surface area contributed by atoms with E-state index in [9.17, 15) is 27.6 Å². The number of ether oxygens (including phenoxy) is 4. The lowest BCUT2D eigenvalue weighted by Gasteiger charge is -2.17. The Balaban J connectivity index is 0.000000257. The predicted molar refractivity (Wildman–Crippen MR) is 168 cm³/mol. The molecule has 3 N–H and O–H groups in total. The summed E-state index contributed by atoms with van der Waals surface area (Å²) in [7, 11) is 4.83. The molecule has 0 saturated heterocycles. The molecule has 4 aromatic carbocycles. The summed E-state index contributed by atoms with van der Waals surface area (Å²) in [5.74, 6) is -5.85. The minimum atomic E-state index is -1.08. The number of nitrogens with one attached hydrogen (secondary N) is 1. The first-order chi connectivity index (χ1) is 22.2. The minimum absolute atomic E-state index is 0.0420. The molecule has 47 heavy (non-hydrogen) atoms. The van der Waals surface area contributed by atoms with Gasteiger partial charge in [0.25, 0.3) is 0 Å². The number of carbonyl (C=O) groups excluding carboxylic acids is 3. The van der Waals surface area contributed by atoms with Crippen molar-refractivity contribution in [2.24, 2.45) is 0 Å². The number of esters is 2. The third-order valence-corrected chi connectivity index (χ3v) is 7.07. The summed E-state index contributed by atoms with van der Waals surface area (Å²) in [4.78, 5) is 34.8. The maximum atomic E-state index is 15.1. The Hall–Kier alpha value is -5.01. The van der Waals surface area contributed by atoms with E-state index in [1.807, 2.05) is 0 Å². The van der Waals surface area contributed by atoms with Gasteiger partial charge in [0.15, 0.2) is 11.6 Å². The van der Waals surface area contributed by atoms with E-state index in [4.69, 9.17) is 38.4 Å². The van der Waals surface area contributed by atoms with Gasteiger partial charge in [-0.1, -0.05) is 35.3 Å². The van der Waals surface area contributed by atoms with Crippen LogP contribution in [0.4, 0.5) is 28.9 Å². The van der Waals surface area contributed by atoms with E-state index in [0.717, 1.165) is 45.4 Å². The van der Waals surface area contributed by atoms with E-state index in [2.05, 4.69) is 14.8 Å². The molecule has 0 aliphatic heterocycles. The van der Waals surface area contributed by atoms with Crippen LogP contribution in [0.25, 0.3) is 22.3 Å². The number of benzene rings is 4. The van der Waals surface area contributed by atoms with Gasteiger partial charge in [-0.15, -0.1) is 0 Å². The smallest absolute Gasteiger partial charge is 0.340 e. The van der Waals surface area contributed by atoms with Gasteiger partial charge in [0.05, 0.1) is 72.1 Å². The maximum absolute atomic E-state index is 15.1. The second-order valence-electron chi connectivity index (χ2n) is 9.28. The Morgan fingerprint density at radius 3 is 1.53 bits per heavy atom. The number of nitrogen functional groups attached to an aromatic ring is 1. The number of hydrogen-bond donors (Lipinski definition) is 2. The van der Waals surface area contributed by atoms with Crippen molar-refractivity contribution < 1.29 is 50.9 Å². The highest BCUT2D eigenvalue weighted by atomic mass is 35.5. The van der Waals surface area contributed by atoms with Crippen molar-refractivity contribution >= 4 is 52.4 Å². The first-order valence-corrected chi connectivity index (χ1v) is 13.9. The number of halogens is 6. The van der Waals surface area contributed by atoms with Crippen molar-refractivity contribution in [3.8, 4) is 33.8 Å². The number of carbonyl (C=O) groups is 3. The summed E-state index contributed by atoms with van der Waals surface area (Å²) < 4.78 is 77.3. The topological polar surface area (TPSA) is 126 Å². The minimum Gasteiger partial charge on any atom is -0.496 e. The van der Waals surface area contributed by atoms with E-state index in [1.165, 1.54) is 38.5 Å². The molecule has 9 nitrogen and oxygen atoms in total. The molecule has 0 aromatic heterocycles. The first kappa shape index (κ1) is 36.5. The van der Waals surface area contributed by atoms with Gasteiger partial charge < -0.3 is 30.0 Å². The molecule has 0 radical (unpaired) electrons. The number of amides is 1. The molecule has 0 saturated carbocycles. The molecule has 0 atom stereocenters. The second kappa shape index (κ2) is 15.5. The van der Waals surface area contributed by atoms with Crippen LogP contribution >= 0.6 is 23.2 Å². The fraction of sp³-hybridized carbons (Fsp3) is 0.156. The Labute approximate surface area is 276 Å². The SMILES string of the molecule is COC(=O)c1cc(Cl)c(-c2c(F)cccc2OC)c(F)c1N.COC(=O)c1cc(Cl)c(-c2c(F)cccc2OC)c(F)c1NC(C)=O. The van der Waals surface area contributed by atoms with Gasteiger partial charge in [-0.2, -0.15) is 0 Å². The summed E-state index contributed by atoms with van der Waals surface area (Å²) in [6.45, 7) is 1.14. The highest BCUT2D eigenvalue weighted by molar-refractivity contribution is 6.34. The highest BCUT2D eigenvalue weighted by Gasteiger charge is 2.28. The Kier molecular flexibility index (Phi) is 12.0. The Bertz CT molecular complexity index is 1870. The average molecular weight is 697 g/mol. The second-order valence-corrected chi connectivity index (χ2v) is 10.1. The molecule has 4 rings (SSSR count). The van der Waals surface area contributed by atoms with Gasteiger partial charge >= 0.3 is 11.9 Å². The van der Waals surface area contributed by atoms with Crippen LogP contribution in [-0.2, 0) is 14.3 Å². The van der Waals surface area contributed by atoms with Crippen molar-refractivity contribution in [3.63, 3.8) is 0 Å². The van der Waals surface area contributed by atoms with Gasteiger partial charge in [-0.3, -0.25) is 4.79 Å². The van der Waals surface area contributed by atoms with Gasteiger partial charge in [0, 0.05) is 18.1 Å². The third kappa shape index (κ3) is 7.53. The van der Waals surface area contributed by atoms with Gasteiger partial charge in [0.2, 0.25) is 5.91 Å². The van der Waals surface area contributed by atoms with Crippen molar-refractivity contribution in [2.75, 3.05) is 39.5 Å². The predicted octanol–water partition coefficient (Wildman–Crippen LogP) is 7.70. The number of hydrogen-bond acceptors (Lipinski definition) is 8. The van der Waals surface area contributed by atoms with E-state index >= 15 is 4.39 Å². The molecule has 248 valence electrons. The van der Waals surface area contributed by atoms with Crippen molar-refractivity contribution in [1.82, 2.24) is 0 Å². The molecule has 0 unspecified atom stereocenters. The highest BCUT2D eigenvalue weighted by Crippen LogP contribution is 2.43. The standard InChI is InChI=1S/C17H14ClF2NO4.C15H12ClF2NO3/c1-8(22)21-16-9(17(23)25-3)7-10(18)13(15(16)20)14-11(19)5-4-6-12(14)24-2;1-21-10-5-3-4-9(17)12(10)11-8(16)6-7(15(20)22-2)14(19)13(11)18/h4-7H,1-3H3,(H,21,22);3-6H,19H2,1-2H3. The van der Waals surface area contributed by atoms with Crippen LogP contribution in [0.1, 0.15) is 27.6 Å². The van der Waals surface area contributed by atoms with Crippen molar-refractivity contribution in [2.45, 2.75) is 6.92 Å². The van der Waals surface area contributed by atoms with E-state index < -0.39 is 52.5 Å². The number of nitrogens with two attached hydrogens (primary N) is 1. The molecule has 15 heteroatoms. The van der Waals surface area contributed by atoms with Gasteiger partial charge in [-0.05, 0) is 36.4 Å². The zero-order chi connectivity index (χ0) is 35.2. The average Bonchev–Trinajstić information content (AvgIpc) is 3.04. The summed E-state index contributed by atoms with van der Waals surface area (Å²) in [6.07, 6.45) is 0. The van der Waals surface area contributed by atoms with Crippen LogP contribution in [0, 0.1) is 23.3 Å². The summed E-state index contributed by atoms with van der Waals surface area (Å²) in [6, 6.07) is 10.2. The lowest BCUT2D eigenvalue weighted by Crippen LogP contribution is -2.15. The number of rotatable bonds is 7. The molecule has 0 heterocycles. The van der Waals surface area contributed by atoms with Gasteiger partial charge in [-0.25, -0.2) is 27.2 Å². The zero-order valence-electron chi connectivity index (χ0n) is 25.3. The molecule has 0 fully saturated rings. The Morgan fingerprint density at radius 2 is 1.11 bits per heavy atom. The lowest BCUT2D eigenvalue weighted by atomic mass is 9.99. The van der Waals surface area contributed by atoms with Crippen LogP contribution in [-0.4, -0.2) is 46.3 Å². The zero-order valence-corrected chi connectivity index (χ0v) is 26.8. The molecule has 0 bridgehead atoms. The quantitative estimate of drug-likeness (QED) is 0.114. The lowest BCUT2D eigenvalue weighted by molar-refractivity contribution is -0.114. The van der Waals surface area contributed by atoms with Crippen LogP contribution in [0.3, 0.4) is 0 Å². The third-order valence-electron chi connectivity index (χ3n) is 6.48. The van der Waals surface area contributed by atoms with Crippen LogP contribution < -0.4 is 20.5 Å². The van der Waals surface area contributed by atoms with Gasteiger partial charge in [0.1, 0.15) is 23.1 Å². The fourth-order valence-corrected chi connectivity index (χ4v) is 4.97. The first-order valence-electron chi connectivity index (χ1n) is 13.1. The van der Waals surface area contributed by atoms with E-state index in [1.54, 1.807) is 0 Å². The molecular formula is C32H26Cl2F4N2O7. The van der Waals surface area contributed by atoms with Crippen LogP contribution in [0.5, 0.6) is 11.5 Å². The summed E-state index contributed by atoms with van der Waals surface area (Å²) in [5, 5.41) is 1.79. The molecule has 0 aliphatic carbocycles. The van der Waals surface area contributed by atoms with Crippen LogP contribution in [0.2, 0.25) is 10.0 Å².